The fourth-order valence-electron chi connectivity index (χ4n) is 5.12. The van der Waals surface area contributed by atoms with Gasteiger partial charge in [-0.1, -0.05) is 25.2 Å². The Morgan fingerprint density at radius 3 is 2.65 bits per heavy atom. The van der Waals surface area contributed by atoms with Gasteiger partial charge in [0.05, 0.1) is 23.0 Å². The smallest absolute Gasteiger partial charge is 0.251 e. The predicted molar refractivity (Wildman–Crippen MR) is 139 cm³/mol. The summed E-state index contributed by atoms with van der Waals surface area (Å²) in [6, 6.07) is 13.8. The lowest BCUT2D eigenvalue weighted by Gasteiger charge is -2.34. The average Bonchev–Trinajstić information content (AvgIpc) is 3.39. The third kappa shape index (κ3) is 4.81. The third-order valence-corrected chi connectivity index (χ3v) is 7.64. The predicted octanol–water partition coefficient (Wildman–Crippen LogP) is 5.32. The van der Waals surface area contributed by atoms with Gasteiger partial charge in [-0.3, -0.25) is 9.20 Å². The van der Waals surface area contributed by atoms with Gasteiger partial charge in [0.1, 0.15) is 5.75 Å². The molecule has 0 spiro atoms. The van der Waals surface area contributed by atoms with E-state index in [2.05, 4.69) is 34.7 Å². The summed E-state index contributed by atoms with van der Waals surface area (Å²) >= 11 is 1.60. The maximum Gasteiger partial charge on any atom is 0.251 e. The van der Waals surface area contributed by atoms with Crippen molar-refractivity contribution in [1.82, 2.24) is 19.6 Å². The monoisotopic (exact) mass is 476 g/mol. The molecule has 7 heteroatoms. The molecular weight excluding hydrogens is 444 g/mol. The lowest BCUT2D eigenvalue weighted by atomic mass is 9.92. The molecular formula is C27H32N4O2S. The van der Waals surface area contributed by atoms with Gasteiger partial charge in [0.25, 0.3) is 5.91 Å². The summed E-state index contributed by atoms with van der Waals surface area (Å²) in [5.41, 5.74) is 3.74. The van der Waals surface area contributed by atoms with Crippen LogP contribution >= 0.6 is 11.3 Å². The quantitative estimate of drug-likeness (QED) is 0.367. The first-order chi connectivity index (χ1) is 16.5. The number of carbonyl (C=O) groups excluding carboxylic acids is 1. The SMILES string of the molecule is COc1ccc(-c2cn3c(n2)sc2cc(C(=O)NCCCN4C[C@@H](C)C[C@H](C)C4)ccc23)cc1. The highest BCUT2D eigenvalue weighted by Crippen LogP contribution is 2.30. The van der Waals surface area contributed by atoms with E-state index in [4.69, 9.17) is 9.72 Å². The summed E-state index contributed by atoms with van der Waals surface area (Å²) in [5.74, 6) is 2.36. The van der Waals surface area contributed by atoms with E-state index in [1.54, 1.807) is 18.4 Å². The number of carbonyl (C=O) groups is 1. The van der Waals surface area contributed by atoms with Crippen molar-refractivity contribution in [3.63, 3.8) is 0 Å². The first kappa shape index (κ1) is 22.9. The van der Waals surface area contributed by atoms with Crippen LogP contribution < -0.4 is 10.1 Å². The number of nitrogens with one attached hydrogen (secondary N) is 1. The molecule has 0 radical (unpaired) electrons. The summed E-state index contributed by atoms with van der Waals surface area (Å²) in [6.45, 7) is 8.77. The average molecular weight is 477 g/mol. The number of methoxy groups -OCH3 is 1. The number of piperidine rings is 1. The van der Waals surface area contributed by atoms with E-state index >= 15 is 0 Å². The highest BCUT2D eigenvalue weighted by molar-refractivity contribution is 7.23. The number of ether oxygens (including phenoxy) is 1. The third-order valence-electron chi connectivity index (χ3n) is 6.62. The Kier molecular flexibility index (Phi) is 6.57. The molecule has 1 amide bonds. The molecule has 6 nitrogen and oxygen atoms in total. The van der Waals surface area contributed by atoms with Gasteiger partial charge in [-0.25, -0.2) is 4.98 Å². The van der Waals surface area contributed by atoms with Crippen molar-refractivity contribution in [3.8, 4) is 17.0 Å². The maximum absolute atomic E-state index is 12.7. The van der Waals surface area contributed by atoms with Crippen molar-refractivity contribution in [1.29, 1.82) is 0 Å². The molecule has 0 aliphatic carbocycles. The number of hydrogen-bond donors (Lipinski definition) is 1. The first-order valence-electron chi connectivity index (χ1n) is 12.1. The second kappa shape index (κ2) is 9.76. The number of amides is 1. The minimum absolute atomic E-state index is 0.00718. The summed E-state index contributed by atoms with van der Waals surface area (Å²) in [6.07, 6.45) is 4.36. The molecule has 2 aromatic carbocycles. The van der Waals surface area contributed by atoms with Crippen molar-refractivity contribution >= 4 is 32.4 Å². The van der Waals surface area contributed by atoms with Gasteiger partial charge in [0, 0.05) is 37.0 Å². The van der Waals surface area contributed by atoms with E-state index in [0.29, 0.717) is 12.1 Å². The molecule has 34 heavy (non-hydrogen) atoms. The number of likely N-dealkylation sites (tertiary alicyclic amines) is 1. The van der Waals surface area contributed by atoms with Crippen LogP contribution in [0.5, 0.6) is 5.75 Å². The minimum Gasteiger partial charge on any atom is -0.497 e. The summed E-state index contributed by atoms with van der Waals surface area (Å²) < 4.78 is 8.41. The van der Waals surface area contributed by atoms with Crippen LogP contribution in [0.4, 0.5) is 0 Å². The summed E-state index contributed by atoms with van der Waals surface area (Å²) in [4.78, 5) is 21.0. The number of fused-ring (bicyclic) bond motifs is 3. The summed E-state index contributed by atoms with van der Waals surface area (Å²) in [5, 5.41) is 3.10. The van der Waals surface area contributed by atoms with Crippen LogP contribution in [0.3, 0.4) is 0 Å². The van der Waals surface area contributed by atoms with E-state index in [1.165, 1.54) is 19.5 Å². The van der Waals surface area contributed by atoms with Crippen molar-refractivity contribution in [2.75, 3.05) is 33.3 Å². The normalized spacial score (nSPS) is 19.0. The molecule has 2 aromatic heterocycles. The minimum atomic E-state index is -0.00718. The molecule has 2 atom stereocenters. The van der Waals surface area contributed by atoms with Crippen molar-refractivity contribution in [2.24, 2.45) is 11.8 Å². The molecule has 1 aliphatic rings. The zero-order valence-electron chi connectivity index (χ0n) is 20.1. The molecule has 5 rings (SSSR count). The molecule has 0 saturated carbocycles. The number of benzene rings is 2. The zero-order valence-corrected chi connectivity index (χ0v) is 20.9. The van der Waals surface area contributed by atoms with Crippen LogP contribution in [0.25, 0.3) is 26.4 Å². The Bertz CT molecular complexity index is 1280. The van der Waals surface area contributed by atoms with Crippen LogP contribution in [-0.2, 0) is 0 Å². The van der Waals surface area contributed by atoms with E-state index in [0.717, 1.165) is 57.0 Å². The molecule has 1 N–H and O–H groups in total. The first-order valence-corrected chi connectivity index (χ1v) is 12.9. The number of imidazole rings is 1. The Balaban J connectivity index is 1.22. The van der Waals surface area contributed by atoms with E-state index < -0.39 is 0 Å². The second-order valence-electron chi connectivity index (χ2n) is 9.61. The fourth-order valence-corrected chi connectivity index (χ4v) is 6.17. The van der Waals surface area contributed by atoms with E-state index in [-0.39, 0.29) is 5.91 Å². The maximum atomic E-state index is 12.7. The number of aromatic nitrogens is 2. The molecule has 1 saturated heterocycles. The molecule has 0 bridgehead atoms. The number of hydrogen-bond acceptors (Lipinski definition) is 5. The van der Waals surface area contributed by atoms with Gasteiger partial charge >= 0.3 is 0 Å². The zero-order chi connectivity index (χ0) is 23.7. The molecule has 4 aromatic rings. The van der Waals surface area contributed by atoms with E-state index in [9.17, 15) is 4.79 Å². The number of nitrogens with zero attached hydrogens (tertiary/aromatic N) is 3. The lowest BCUT2D eigenvalue weighted by molar-refractivity contribution is 0.0947. The molecule has 178 valence electrons. The number of rotatable bonds is 7. The van der Waals surface area contributed by atoms with Gasteiger partial charge in [0.15, 0.2) is 4.96 Å². The summed E-state index contributed by atoms with van der Waals surface area (Å²) in [7, 11) is 1.67. The van der Waals surface area contributed by atoms with Crippen molar-refractivity contribution < 1.29 is 9.53 Å². The molecule has 0 unspecified atom stereocenters. The Morgan fingerprint density at radius 1 is 1.15 bits per heavy atom. The fraction of sp³-hybridized carbons (Fsp3) is 0.407. The number of thiazole rings is 1. The topological polar surface area (TPSA) is 58.9 Å². The Labute approximate surface area is 204 Å². The van der Waals surface area contributed by atoms with Gasteiger partial charge in [-0.2, -0.15) is 0 Å². The van der Waals surface area contributed by atoms with Crippen molar-refractivity contribution in [3.05, 3.63) is 54.2 Å². The van der Waals surface area contributed by atoms with Gasteiger partial charge in [-0.15, -0.1) is 0 Å². The van der Waals surface area contributed by atoms with Gasteiger partial charge in [-0.05, 0) is 73.7 Å². The lowest BCUT2D eigenvalue weighted by Crippen LogP contribution is -2.40. The van der Waals surface area contributed by atoms with Gasteiger partial charge in [0.2, 0.25) is 0 Å². The van der Waals surface area contributed by atoms with E-state index in [1.807, 2.05) is 42.5 Å². The second-order valence-corrected chi connectivity index (χ2v) is 10.6. The molecule has 1 fully saturated rings. The largest absolute Gasteiger partial charge is 0.497 e. The standard InChI is InChI=1S/C27H32N4O2S/c1-18-13-19(2)16-30(15-18)12-4-11-28-26(32)21-7-10-24-25(14-21)34-27-29-23(17-31(24)27)20-5-8-22(33-3)9-6-20/h5-10,14,17-19H,4,11-13,15-16H2,1-3H3,(H,28,32)/t18-,19-/m0/s1. The van der Waals surface area contributed by atoms with Crippen LogP contribution in [0, 0.1) is 11.8 Å². The van der Waals surface area contributed by atoms with Gasteiger partial charge < -0.3 is 15.0 Å². The van der Waals surface area contributed by atoms with Crippen LogP contribution in [-0.4, -0.2) is 53.5 Å². The van der Waals surface area contributed by atoms with Crippen LogP contribution in [0.15, 0.2) is 48.7 Å². The van der Waals surface area contributed by atoms with Crippen LogP contribution in [0.2, 0.25) is 0 Å². The molecule has 1 aliphatic heterocycles. The Morgan fingerprint density at radius 2 is 1.91 bits per heavy atom. The highest BCUT2D eigenvalue weighted by atomic mass is 32.1. The highest BCUT2D eigenvalue weighted by Gasteiger charge is 2.21. The Hall–Kier alpha value is -2.90. The van der Waals surface area contributed by atoms with Crippen LogP contribution in [0.1, 0.15) is 37.0 Å². The molecule has 3 heterocycles. The van der Waals surface area contributed by atoms with Crippen molar-refractivity contribution in [2.45, 2.75) is 26.7 Å².